The standard InChI is InChI=1S/C7H12O4S/c1-2-3-12-4-5(6(8)9)7(10)11/h5H,2-4H2,1H3,(H,8,9)(H,10,11). The van der Waals surface area contributed by atoms with E-state index in [1.807, 2.05) is 6.92 Å². The molecule has 0 unspecified atom stereocenters. The van der Waals surface area contributed by atoms with Crippen molar-refractivity contribution in [3.05, 3.63) is 0 Å². The van der Waals surface area contributed by atoms with Crippen molar-refractivity contribution in [3.8, 4) is 0 Å². The van der Waals surface area contributed by atoms with E-state index in [0.717, 1.165) is 12.2 Å². The Labute approximate surface area is 75.0 Å². The maximum atomic E-state index is 10.3. The minimum absolute atomic E-state index is 0.151. The van der Waals surface area contributed by atoms with Crippen molar-refractivity contribution in [1.82, 2.24) is 0 Å². The van der Waals surface area contributed by atoms with Crippen LogP contribution in [0.5, 0.6) is 0 Å². The highest BCUT2D eigenvalue weighted by Crippen LogP contribution is 2.10. The average Bonchev–Trinajstić information content (AvgIpc) is 1.96. The number of hydrogen-bond donors (Lipinski definition) is 2. The summed E-state index contributed by atoms with van der Waals surface area (Å²) in [6.07, 6.45) is 0.927. The Kier molecular flexibility index (Phi) is 5.53. The lowest BCUT2D eigenvalue weighted by Gasteiger charge is -2.05. The van der Waals surface area contributed by atoms with E-state index in [4.69, 9.17) is 10.2 Å². The first-order chi connectivity index (χ1) is 5.59. The summed E-state index contributed by atoms with van der Waals surface area (Å²) in [5.74, 6) is -2.82. The van der Waals surface area contributed by atoms with Crippen molar-refractivity contribution >= 4 is 23.7 Å². The molecule has 0 fully saturated rings. The van der Waals surface area contributed by atoms with Gasteiger partial charge in [-0.15, -0.1) is 0 Å². The topological polar surface area (TPSA) is 74.6 Å². The molecule has 0 aliphatic carbocycles. The second kappa shape index (κ2) is 5.88. The summed E-state index contributed by atoms with van der Waals surface area (Å²) in [7, 11) is 0. The maximum Gasteiger partial charge on any atom is 0.318 e. The zero-order valence-electron chi connectivity index (χ0n) is 6.82. The fourth-order valence-electron chi connectivity index (χ4n) is 0.594. The SMILES string of the molecule is CCCSCC(C(=O)O)C(=O)O. The van der Waals surface area contributed by atoms with Gasteiger partial charge in [0.25, 0.3) is 0 Å². The number of rotatable bonds is 6. The summed E-state index contributed by atoms with van der Waals surface area (Å²) < 4.78 is 0. The normalized spacial score (nSPS) is 10.2. The molecule has 0 amide bonds. The molecule has 0 aliphatic rings. The van der Waals surface area contributed by atoms with Crippen LogP contribution in [0.15, 0.2) is 0 Å². The van der Waals surface area contributed by atoms with Gasteiger partial charge < -0.3 is 10.2 Å². The van der Waals surface area contributed by atoms with Crippen LogP contribution in [0.25, 0.3) is 0 Å². The van der Waals surface area contributed by atoms with Gasteiger partial charge in [-0.3, -0.25) is 9.59 Å². The van der Waals surface area contributed by atoms with E-state index in [0.29, 0.717) is 0 Å². The quantitative estimate of drug-likeness (QED) is 0.483. The molecule has 0 aromatic heterocycles. The van der Waals surface area contributed by atoms with E-state index in [1.165, 1.54) is 11.8 Å². The van der Waals surface area contributed by atoms with E-state index in [1.54, 1.807) is 0 Å². The minimum Gasteiger partial charge on any atom is -0.481 e. The highest BCUT2D eigenvalue weighted by atomic mass is 32.2. The van der Waals surface area contributed by atoms with Crippen LogP contribution in [-0.2, 0) is 9.59 Å². The lowest BCUT2D eigenvalue weighted by molar-refractivity contribution is -0.153. The lowest BCUT2D eigenvalue weighted by Crippen LogP contribution is -2.25. The number of carboxylic acids is 2. The smallest absolute Gasteiger partial charge is 0.318 e. The summed E-state index contributed by atoms with van der Waals surface area (Å²) in [6, 6.07) is 0. The first-order valence-electron chi connectivity index (χ1n) is 3.63. The first-order valence-corrected chi connectivity index (χ1v) is 4.78. The van der Waals surface area contributed by atoms with Gasteiger partial charge in [0.2, 0.25) is 0 Å². The van der Waals surface area contributed by atoms with Gasteiger partial charge in [0.1, 0.15) is 0 Å². The Balaban J connectivity index is 3.80. The van der Waals surface area contributed by atoms with E-state index in [-0.39, 0.29) is 5.75 Å². The molecule has 0 spiro atoms. The maximum absolute atomic E-state index is 10.3. The molecular formula is C7H12O4S. The van der Waals surface area contributed by atoms with Crippen molar-refractivity contribution in [1.29, 1.82) is 0 Å². The number of hydrogen-bond acceptors (Lipinski definition) is 3. The Bertz CT molecular complexity index is 155. The van der Waals surface area contributed by atoms with Crippen molar-refractivity contribution < 1.29 is 19.8 Å². The van der Waals surface area contributed by atoms with Gasteiger partial charge in [-0.2, -0.15) is 11.8 Å². The van der Waals surface area contributed by atoms with Gasteiger partial charge in [0.05, 0.1) is 0 Å². The third kappa shape index (κ3) is 4.23. The zero-order chi connectivity index (χ0) is 9.56. The van der Waals surface area contributed by atoms with Crippen molar-refractivity contribution in [3.63, 3.8) is 0 Å². The minimum atomic E-state index is -1.26. The predicted octanol–water partition coefficient (Wildman–Crippen LogP) is 0.915. The van der Waals surface area contributed by atoms with Gasteiger partial charge >= 0.3 is 11.9 Å². The molecule has 0 saturated carbocycles. The van der Waals surface area contributed by atoms with Crippen LogP contribution in [0.2, 0.25) is 0 Å². The Hall–Kier alpha value is -0.710. The third-order valence-corrected chi connectivity index (χ3v) is 2.50. The molecule has 0 rings (SSSR count). The molecule has 70 valence electrons. The number of carboxylic acid groups (broad SMARTS) is 2. The molecular weight excluding hydrogens is 180 g/mol. The van der Waals surface area contributed by atoms with Crippen LogP contribution in [0.3, 0.4) is 0 Å². The Morgan fingerprint density at radius 2 is 1.83 bits per heavy atom. The van der Waals surface area contributed by atoms with Crippen LogP contribution < -0.4 is 0 Å². The summed E-state index contributed by atoms with van der Waals surface area (Å²) in [6.45, 7) is 1.96. The molecule has 12 heavy (non-hydrogen) atoms. The Morgan fingerprint density at radius 1 is 1.33 bits per heavy atom. The lowest BCUT2D eigenvalue weighted by atomic mass is 10.2. The molecule has 0 atom stereocenters. The molecule has 5 heteroatoms. The highest BCUT2D eigenvalue weighted by Gasteiger charge is 2.24. The molecule has 0 aromatic carbocycles. The van der Waals surface area contributed by atoms with E-state index in [9.17, 15) is 9.59 Å². The molecule has 0 aromatic rings. The van der Waals surface area contributed by atoms with Crippen LogP contribution in [0.4, 0.5) is 0 Å². The third-order valence-electron chi connectivity index (χ3n) is 1.23. The van der Waals surface area contributed by atoms with Crippen molar-refractivity contribution in [2.75, 3.05) is 11.5 Å². The zero-order valence-corrected chi connectivity index (χ0v) is 7.63. The van der Waals surface area contributed by atoms with Crippen LogP contribution in [-0.4, -0.2) is 33.7 Å². The fraction of sp³-hybridized carbons (Fsp3) is 0.714. The van der Waals surface area contributed by atoms with Gasteiger partial charge in [-0.05, 0) is 12.2 Å². The summed E-state index contributed by atoms with van der Waals surface area (Å²) in [5, 5.41) is 16.9. The molecule has 2 N–H and O–H groups in total. The van der Waals surface area contributed by atoms with Crippen molar-refractivity contribution in [2.24, 2.45) is 5.92 Å². The molecule has 0 aliphatic heterocycles. The molecule has 0 bridgehead atoms. The van der Waals surface area contributed by atoms with E-state index >= 15 is 0 Å². The largest absolute Gasteiger partial charge is 0.481 e. The molecule has 4 nitrogen and oxygen atoms in total. The number of carbonyl (C=O) groups is 2. The summed E-state index contributed by atoms with van der Waals surface area (Å²) in [5.41, 5.74) is 0. The molecule has 0 radical (unpaired) electrons. The van der Waals surface area contributed by atoms with Crippen LogP contribution in [0.1, 0.15) is 13.3 Å². The van der Waals surface area contributed by atoms with Crippen LogP contribution >= 0.6 is 11.8 Å². The average molecular weight is 192 g/mol. The number of thioether (sulfide) groups is 1. The number of aliphatic carboxylic acids is 2. The van der Waals surface area contributed by atoms with Gasteiger partial charge in [-0.25, -0.2) is 0 Å². The van der Waals surface area contributed by atoms with E-state index in [2.05, 4.69) is 0 Å². The second-order valence-corrected chi connectivity index (χ2v) is 3.45. The monoisotopic (exact) mass is 192 g/mol. The van der Waals surface area contributed by atoms with Gasteiger partial charge in [0, 0.05) is 5.75 Å². The van der Waals surface area contributed by atoms with Crippen LogP contribution in [0, 0.1) is 5.92 Å². The Morgan fingerprint density at radius 3 is 2.17 bits per heavy atom. The molecule has 0 saturated heterocycles. The highest BCUT2D eigenvalue weighted by molar-refractivity contribution is 7.99. The molecule has 0 heterocycles. The van der Waals surface area contributed by atoms with Gasteiger partial charge in [-0.1, -0.05) is 6.92 Å². The van der Waals surface area contributed by atoms with E-state index < -0.39 is 17.9 Å². The fourth-order valence-corrected chi connectivity index (χ4v) is 1.57. The first kappa shape index (κ1) is 11.3. The second-order valence-electron chi connectivity index (χ2n) is 2.30. The summed E-state index contributed by atoms with van der Waals surface area (Å²) >= 11 is 1.36. The summed E-state index contributed by atoms with van der Waals surface area (Å²) in [4.78, 5) is 20.7. The van der Waals surface area contributed by atoms with Crippen molar-refractivity contribution in [2.45, 2.75) is 13.3 Å². The van der Waals surface area contributed by atoms with Gasteiger partial charge in [0.15, 0.2) is 5.92 Å². The predicted molar refractivity (Wildman–Crippen MR) is 46.4 cm³/mol.